The molecule has 1 fully saturated rings. The fourth-order valence-corrected chi connectivity index (χ4v) is 4.07. The maximum Gasteiger partial charge on any atom is 0.226 e. The van der Waals surface area contributed by atoms with Crippen LogP contribution in [0, 0.1) is 0 Å². The average Bonchev–Trinajstić information content (AvgIpc) is 3.08. The van der Waals surface area contributed by atoms with Crippen LogP contribution in [0.5, 0.6) is 0 Å². The zero-order chi connectivity index (χ0) is 17.1. The monoisotopic (exact) mass is 349 g/mol. The molecule has 0 bridgehead atoms. The molecular weight excluding hydrogens is 330 g/mol. The van der Waals surface area contributed by atoms with Crippen molar-refractivity contribution < 1.29 is 4.79 Å². The Hall–Kier alpha value is -2.53. The zero-order valence-corrected chi connectivity index (χ0v) is 14.6. The molecule has 1 amide bonds. The summed E-state index contributed by atoms with van der Waals surface area (Å²) in [5.41, 5.74) is 2.80. The Labute approximate surface area is 151 Å². The molecule has 2 heterocycles. The van der Waals surface area contributed by atoms with E-state index in [0.29, 0.717) is 6.42 Å². The molecular formula is C20H19N3OS. The highest BCUT2D eigenvalue weighted by atomic mass is 32.1. The van der Waals surface area contributed by atoms with Crippen LogP contribution in [0.25, 0.3) is 10.6 Å². The second kappa shape index (κ2) is 6.76. The standard InChI is InChI=1S/C20H19N3OS/c24-18(23-20(9-5-10-20)16-7-2-1-3-8-16)12-17-14-25-19(22-17)15-6-4-11-21-13-15/h1-4,6-8,11,13-14H,5,9-10,12H2,(H,23,24). The number of amides is 1. The fraction of sp³-hybridized carbons (Fsp3) is 0.250. The molecule has 0 unspecified atom stereocenters. The third-order valence-electron chi connectivity index (χ3n) is 4.71. The summed E-state index contributed by atoms with van der Waals surface area (Å²) >= 11 is 1.55. The molecule has 3 aromatic rings. The van der Waals surface area contributed by atoms with Gasteiger partial charge in [0.05, 0.1) is 17.7 Å². The third-order valence-corrected chi connectivity index (χ3v) is 5.65. The Morgan fingerprint density at radius 2 is 2.00 bits per heavy atom. The van der Waals surface area contributed by atoms with Gasteiger partial charge in [-0.05, 0) is 37.0 Å². The molecule has 1 aliphatic carbocycles. The van der Waals surface area contributed by atoms with Gasteiger partial charge in [-0.3, -0.25) is 9.78 Å². The van der Waals surface area contributed by atoms with Gasteiger partial charge in [0.15, 0.2) is 0 Å². The number of rotatable bonds is 5. The number of benzene rings is 1. The molecule has 0 aliphatic heterocycles. The highest BCUT2D eigenvalue weighted by molar-refractivity contribution is 7.13. The first-order valence-electron chi connectivity index (χ1n) is 8.47. The van der Waals surface area contributed by atoms with Gasteiger partial charge in [-0.2, -0.15) is 0 Å². The summed E-state index contributed by atoms with van der Waals surface area (Å²) in [6, 6.07) is 14.1. The summed E-state index contributed by atoms with van der Waals surface area (Å²) in [4.78, 5) is 21.3. The van der Waals surface area contributed by atoms with E-state index in [4.69, 9.17) is 0 Å². The molecule has 0 radical (unpaired) electrons. The maximum atomic E-state index is 12.6. The number of aromatic nitrogens is 2. The van der Waals surface area contributed by atoms with Gasteiger partial charge < -0.3 is 5.32 Å². The first-order chi connectivity index (χ1) is 12.3. The minimum absolute atomic E-state index is 0.0339. The van der Waals surface area contributed by atoms with Gasteiger partial charge in [0.2, 0.25) is 5.91 Å². The van der Waals surface area contributed by atoms with Crippen molar-refractivity contribution in [2.24, 2.45) is 0 Å². The normalized spacial score (nSPS) is 15.4. The predicted octanol–water partition coefficient (Wildman–Crippen LogP) is 3.94. The molecule has 1 aromatic carbocycles. The lowest BCUT2D eigenvalue weighted by molar-refractivity contribution is -0.123. The van der Waals surface area contributed by atoms with Crippen LogP contribution in [0.1, 0.15) is 30.5 Å². The molecule has 0 saturated heterocycles. The van der Waals surface area contributed by atoms with E-state index in [1.54, 1.807) is 23.7 Å². The van der Waals surface area contributed by atoms with Crippen LogP contribution in [0.15, 0.2) is 60.2 Å². The summed E-state index contributed by atoms with van der Waals surface area (Å²) < 4.78 is 0. The van der Waals surface area contributed by atoms with E-state index < -0.39 is 0 Å². The number of nitrogens with one attached hydrogen (secondary N) is 1. The van der Waals surface area contributed by atoms with Gasteiger partial charge in [-0.15, -0.1) is 11.3 Å². The van der Waals surface area contributed by atoms with Gasteiger partial charge >= 0.3 is 0 Å². The first kappa shape index (κ1) is 16.0. The Morgan fingerprint density at radius 1 is 1.16 bits per heavy atom. The van der Waals surface area contributed by atoms with Gasteiger partial charge in [-0.1, -0.05) is 30.3 Å². The van der Waals surface area contributed by atoms with Gasteiger partial charge in [0, 0.05) is 23.3 Å². The predicted molar refractivity (Wildman–Crippen MR) is 99.2 cm³/mol. The number of hydrogen-bond donors (Lipinski definition) is 1. The van der Waals surface area contributed by atoms with Crippen LogP contribution in [0.3, 0.4) is 0 Å². The molecule has 4 rings (SSSR count). The number of carbonyl (C=O) groups excluding carboxylic acids is 1. The summed E-state index contributed by atoms with van der Waals surface area (Å²) in [6.45, 7) is 0. The van der Waals surface area contributed by atoms with Crippen molar-refractivity contribution in [3.8, 4) is 10.6 Å². The molecule has 1 N–H and O–H groups in total. The van der Waals surface area contributed by atoms with Crippen molar-refractivity contribution in [1.29, 1.82) is 0 Å². The Bertz CT molecular complexity index is 857. The summed E-state index contributed by atoms with van der Waals surface area (Å²) in [5, 5.41) is 6.11. The number of hydrogen-bond acceptors (Lipinski definition) is 4. The summed E-state index contributed by atoms with van der Waals surface area (Å²) in [5.74, 6) is 0.0339. The topological polar surface area (TPSA) is 54.9 Å². The molecule has 2 aromatic heterocycles. The lowest BCUT2D eigenvalue weighted by Gasteiger charge is -2.43. The fourth-order valence-electron chi connectivity index (χ4n) is 3.26. The van der Waals surface area contributed by atoms with Crippen LogP contribution in [-0.2, 0) is 16.8 Å². The lowest BCUT2D eigenvalue weighted by Crippen LogP contribution is -2.51. The minimum atomic E-state index is -0.194. The van der Waals surface area contributed by atoms with Crippen LogP contribution < -0.4 is 5.32 Å². The quantitative estimate of drug-likeness (QED) is 0.759. The molecule has 5 heteroatoms. The molecule has 25 heavy (non-hydrogen) atoms. The van der Waals surface area contributed by atoms with E-state index in [-0.39, 0.29) is 11.4 Å². The number of carbonyl (C=O) groups is 1. The van der Waals surface area contributed by atoms with Crippen molar-refractivity contribution in [2.75, 3.05) is 0 Å². The second-order valence-electron chi connectivity index (χ2n) is 6.41. The highest BCUT2D eigenvalue weighted by Gasteiger charge is 2.39. The Morgan fingerprint density at radius 3 is 2.68 bits per heavy atom. The van der Waals surface area contributed by atoms with E-state index in [0.717, 1.165) is 35.5 Å². The zero-order valence-electron chi connectivity index (χ0n) is 13.8. The minimum Gasteiger partial charge on any atom is -0.346 e. The van der Waals surface area contributed by atoms with Crippen molar-refractivity contribution in [1.82, 2.24) is 15.3 Å². The van der Waals surface area contributed by atoms with Gasteiger partial charge in [-0.25, -0.2) is 4.98 Å². The molecule has 4 nitrogen and oxygen atoms in total. The summed E-state index contributed by atoms with van der Waals surface area (Å²) in [7, 11) is 0. The van der Waals surface area contributed by atoms with E-state index in [1.165, 1.54) is 5.56 Å². The molecule has 1 aliphatic rings. The lowest BCUT2D eigenvalue weighted by atomic mass is 9.71. The smallest absolute Gasteiger partial charge is 0.226 e. The maximum absolute atomic E-state index is 12.6. The number of thiazole rings is 1. The van der Waals surface area contributed by atoms with Crippen molar-refractivity contribution in [2.45, 2.75) is 31.2 Å². The Kier molecular flexibility index (Phi) is 4.32. The van der Waals surface area contributed by atoms with Crippen LogP contribution >= 0.6 is 11.3 Å². The second-order valence-corrected chi connectivity index (χ2v) is 7.27. The molecule has 0 spiro atoms. The van der Waals surface area contributed by atoms with Crippen molar-refractivity contribution >= 4 is 17.2 Å². The first-order valence-corrected chi connectivity index (χ1v) is 9.34. The van der Waals surface area contributed by atoms with E-state index in [9.17, 15) is 4.79 Å². The largest absolute Gasteiger partial charge is 0.346 e. The van der Waals surface area contributed by atoms with E-state index in [1.807, 2.05) is 35.7 Å². The molecule has 0 atom stereocenters. The Balaban J connectivity index is 1.45. The van der Waals surface area contributed by atoms with Crippen LogP contribution in [-0.4, -0.2) is 15.9 Å². The highest BCUT2D eigenvalue weighted by Crippen LogP contribution is 2.41. The SMILES string of the molecule is O=C(Cc1csc(-c2cccnc2)n1)NC1(c2ccccc2)CCC1. The third kappa shape index (κ3) is 3.33. The number of nitrogens with zero attached hydrogens (tertiary/aromatic N) is 2. The van der Waals surface area contributed by atoms with Crippen LogP contribution in [0.4, 0.5) is 0 Å². The molecule has 126 valence electrons. The summed E-state index contributed by atoms with van der Waals surface area (Å²) in [6.07, 6.45) is 7.00. The van der Waals surface area contributed by atoms with Crippen molar-refractivity contribution in [3.05, 3.63) is 71.5 Å². The molecule has 1 saturated carbocycles. The number of pyridine rings is 1. The average molecular weight is 349 g/mol. The van der Waals surface area contributed by atoms with E-state index in [2.05, 4.69) is 27.4 Å². The van der Waals surface area contributed by atoms with Crippen LogP contribution in [0.2, 0.25) is 0 Å². The van der Waals surface area contributed by atoms with Gasteiger partial charge in [0.25, 0.3) is 0 Å². The van der Waals surface area contributed by atoms with Gasteiger partial charge in [0.1, 0.15) is 5.01 Å². The van der Waals surface area contributed by atoms with E-state index >= 15 is 0 Å². The van der Waals surface area contributed by atoms with Crippen molar-refractivity contribution in [3.63, 3.8) is 0 Å².